The minimum atomic E-state index is -2.99. The van der Waals surface area contributed by atoms with Gasteiger partial charge in [0.15, 0.2) is 9.84 Å². The number of hydrogen-bond donors (Lipinski definition) is 1. The third-order valence-corrected chi connectivity index (χ3v) is 5.32. The average molecular weight is 320 g/mol. The van der Waals surface area contributed by atoms with Gasteiger partial charge in [-0.05, 0) is 18.6 Å². The molecule has 1 N–H and O–H groups in total. The molecular formula is C11H14ClN3O2S2. The van der Waals surface area contributed by atoms with E-state index in [2.05, 4.69) is 14.1 Å². The van der Waals surface area contributed by atoms with E-state index >= 15 is 0 Å². The van der Waals surface area contributed by atoms with Crippen molar-refractivity contribution in [2.24, 2.45) is 0 Å². The average Bonchev–Trinajstić information content (AvgIpc) is 2.80. The Hall–Kier alpha value is -0.920. The minimum Gasteiger partial charge on any atom is -0.381 e. The van der Waals surface area contributed by atoms with E-state index < -0.39 is 9.84 Å². The molecule has 0 aliphatic rings. The lowest BCUT2D eigenvalue weighted by Gasteiger charge is -2.09. The van der Waals surface area contributed by atoms with Gasteiger partial charge in [0, 0.05) is 12.3 Å². The summed E-state index contributed by atoms with van der Waals surface area (Å²) < 4.78 is 31.5. The van der Waals surface area contributed by atoms with Gasteiger partial charge in [0.05, 0.1) is 28.2 Å². The Morgan fingerprint density at radius 1 is 1.32 bits per heavy atom. The predicted molar refractivity (Wildman–Crippen MR) is 79.9 cm³/mol. The lowest BCUT2D eigenvalue weighted by molar-refractivity contribution is 0.595. The zero-order valence-corrected chi connectivity index (χ0v) is 12.8. The number of halogens is 1. The van der Waals surface area contributed by atoms with Crippen molar-refractivity contribution in [3.63, 3.8) is 0 Å². The van der Waals surface area contributed by atoms with Crippen molar-refractivity contribution >= 4 is 49.9 Å². The van der Waals surface area contributed by atoms with Crippen LogP contribution in [0.4, 0.5) is 5.69 Å². The van der Waals surface area contributed by atoms with Gasteiger partial charge >= 0.3 is 0 Å². The number of benzene rings is 1. The molecule has 0 atom stereocenters. The third kappa shape index (κ3) is 3.55. The quantitative estimate of drug-likeness (QED) is 0.886. The van der Waals surface area contributed by atoms with Crippen LogP contribution in [0.15, 0.2) is 12.1 Å². The molecule has 0 bridgehead atoms. The van der Waals surface area contributed by atoms with Crippen molar-refractivity contribution in [2.75, 3.05) is 23.4 Å². The maximum atomic E-state index is 11.6. The molecule has 2 rings (SSSR count). The summed E-state index contributed by atoms with van der Waals surface area (Å²) in [6.07, 6.45) is 0.634. The van der Waals surface area contributed by atoms with Crippen molar-refractivity contribution in [1.82, 2.24) is 8.75 Å². The molecule has 1 heterocycles. The summed E-state index contributed by atoms with van der Waals surface area (Å²) >= 11 is 7.20. The lowest BCUT2D eigenvalue weighted by Crippen LogP contribution is -2.18. The third-order valence-electron chi connectivity index (χ3n) is 2.61. The molecule has 8 heteroatoms. The molecule has 0 saturated carbocycles. The largest absolute Gasteiger partial charge is 0.381 e. The highest BCUT2D eigenvalue weighted by molar-refractivity contribution is 7.91. The molecule has 0 saturated heterocycles. The molecule has 1 aromatic carbocycles. The van der Waals surface area contributed by atoms with Gasteiger partial charge in [-0.1, -0.05) is 18.5 Å². The molecule has 0 fully saturated rings. The van der Waals surface area contributed by atoms with E-state index in [0.717, 1.165) is 17.2 Å². The fourth-order valence-corrected chi connectivity index (χ4v) is 3.74. The van der Waals surface area contributed by atoms with Crippen molar-refractivity contribution in [3.8, 4) is 0 Å². The highest BCUT2D eigenvalue weighted by Crippen LogP contribution is 2.29. The van der Waals surface area contributed by atoms with Crippen LogP contribution in [-0.2, 0) is 9.84 Å². The van der Waals surface area contributed by atoms with E-state index in [4.69, 9.17) is 11.6 Å². The maximum Gasteiger partial charge on any atom is 0.152 e. The van der Waals surface area contributed by atoms with Gasteiger partial charge < -0.3 is 5.32 Å². The SMILES string of the molecule is CCCS(=O)(=O)CCNc1c(Cl)ccc2nsnc12. The van der Waals surface area contributed by atoms with Gasteiger partial charge in [-0.15, -0.1) is 0 Å². The molecule has 0 aliphatic carbocycles. The summed E-state index contributed by atoms with van der Waals surface area (Å²) in [6.45, 7) is 2.17. The first kappa shape index (κ1) is 14.5. The molecule has 2 aromatic rings. The number of nitrogens with zero attached hydrogens (tertiary/aromatic N) is 2. The molecule has 5 nitrogen and oxygen atoms in total. The van der Waals surface area contributed by atoms with Crippen LogP contribution in [-0.4, -0.2) is 35.2 Å². The van der Waals surface area contributed by atoms with Gasteiger partial charge in [0.2, 0.25) is 0 Å². The van der Waals surface area contributed by atoms with Crippen LogP contribution in [0.25, 0.3) is 11.0 Å². The van der Waals surface area contributed by atoms with E-state index in [1.807, 2.05) is 6.92 Å². The maximum absolute atomic E-state index is 11.6. The standard InChI is InChI=1S/C11H14ClN3O2S2/c1-2-6-19(16,17)7-5-13-10-8(12)3-4-9-11(10)15-18-14-9/h3-4,13H,2,5-7H2,1H3. The molecular weight excluding hydrogens is 306 g/mol. The molecule has 104 valence electrons. The Labute approximate surface area is 121 Å². The van der Waals surface area contributed by atoms with Crippen molar-refractivity contribution in [3.05, 3.63) is 17.2 Å². The van der Waals surface area contributed by atoms with E-state index in [1.54, 1.807) is 12.1 Å². The van der Waals surface area contributed by atoms with Gasteiger partial charge in [-0.25, -0.2) is 8.42 Å². The molecule has 1 aromatic heterocycles. The number of nitrogens with one attached hydrogen (secondary N) is 1. The number of aromatic nitrogens is 2. The lowest BCUT2D eigenvalue weighted by atomic mass is 10.2. The van der Waals surface area contributed by atoms with Crippen LogP contribution >= 0.6 is 23.3 Å². The molecule has 19 heavy (non-hydrogen) atoms. The summed E-state index contributed by atoms with van der Waals surface area (Å²) in [7, 11) is -2.99. The molecule has 0 amide bonds. The number of sulfone groups is 1. The van der Waals surface area contributed by atoms with E-state index in [9.17, 15) is 8.42 Å². The summed E-state index contributed by atoms with van der Waals surface area (Å²) in [5.41, 5.74) is 2.10. The number of hydrogen-bond acceptors (Lipinski definition) is 6. The number of anilines is 1. The highest BCUT2D eigenvalue weighted by Gasteiger charge is 2.12. The van der Waals surface area contributed by atoms with Gasteiger partial charge in [-0.3, -0.25) is 0 Å². The fourth-order valence-electron chi connectivity index (χ4n) is 1.74. The Morgan fingerprint density at radius 3 is 2.84 bits per heavy atom. The van der Waals surface area contributed by atoms with Crippen LogP contribution < -0.4 is 5.32 Å². The highest BCUT2D eigenvalue weighted by atomic mass is 35.5. The van der Waals surface area contributed by atoms with E-state index in [-0.39, 0.29) is 11.5 Å². The minimum absolute atomic E-state index is 0.0884. The monoisotopic (exact) mass is 319 g/mol. The van der Waals surface area contributed by atoms with Gasteiger partial charge in [0.1, 0.15) is 11.0 Å². The Balaban J connectivity index is 2.10. The Bertz CT molecular complexity index is 670. The fraction of sp³-hybridized carbons (Fsp3) is 0.455. The topological polar surface area (TPSA) is 72.0 Å². The van der Waals surface area contributed by atoms with Crippen molar-refractivity contribution in [1.29, 1.82) is 0 Å². The second kappa shape index (κ2) is 6.02. The van der Waals surface area contributed by atoms with Crippen LogP contribution in [0.3, 0.4) is 0 Å². The van der Waals surface area contributed by atoms with E-state index in [0.29, 0.717) is 29.2 Å². The number of fused-ring (bicyclic) bond motifs is 1. The van der Waals surface area contributed by atoms with Gasteiger partial charge in [-0.2, -0.15) is 8.75 Å². The van der Waals surface area contributed by atoms with Crippen LogP contribution in [0.1, 0.15) is 13.3 Å². The summed E-state index contributed by atoms with van der Waals surface area (Å²) in [4.78, 5) is 0. The first-order valence-corrected chi connectivity index (χ1v) is 8.81. The molecule has 0 aliphatic heterocycles. The zero-order valence-electron chi connectivity index (χ0n) is 10.4. The van der Waals surface area contributed by atoms with Crippen LogP contribution in [0.2, 0.25) is 5.02 Å². The first-order chi connectivity index (χ1) is 9.03. The number of rotatable bonds is 6. The summed E-state index contributed by atoms with van der Waals surface area (Å²) in [5, 5.41) is 3.57. The second-order valence-corrected chi connectivity index (χ2v) is 7.37. The molecule has 0 spiro atoms. The molecule has 0 radical (unpaired) electrons. The van der Waals surface area contributed by atoms with Gasteiger partial charge in [0.25, 0.3) is 0 Å². The molecule has 0 unspecified atom stereocenters. The van der Waals surface area contributed by atoms with E-state index in [1.165, 1.54) is 0 Å². The second-order valence-electron chi connectivity index (χ2n) is 4.13. The zero-order chi connectivity index (χ0) is 13.9. The summed E-state index contributed by atoms with van der Waals surface area (Å²) in [6, 6.07) is 3.52. The van der Waals surface area contributed by atoms with Crippen LogP contribution in [0, 0.1) is 0 Å². The first-order valence-electron chi connectivity index (χ1n) is 5.88. The smallest absolute Gasteiger partial charge is 0.152 e. The Morgan fingerprint density at radius 2 is 2.11 bits per heavy atom. The van der Waals surface area contributed by atoms with Crippen LogP contribution in [0.5, 0.6) is 0 Å². The van der Waals surface area contributed by atoms with Crippen molar-refractivity contribution in [2.45, 2.75) is 13.3 Å². The Kier molecular flexibility index (Phi) is 4.59. The summed E-state index contributed by atoms with van der Waals surface area (Å²) in [5.74, 6) is 0.302. The van der Waals surface area contributed by atoms with Crippen molar-refractivity contribution < 1.29 is 8.42 Å². The predicted octanol–water partition coefficient (Wildman–Crippen LogP) is 2.58. The normalized spacial score (nSPS) is 11.9.